The number of rotatable bonds is 5. The lowest BCUT2D eigenvalue weighted by atomic mass is 10.1. The number of anilines is 2. The highest BCUT2D eigenvalue weighted by Crippen LogP contribution is 2.22. The number of aliphatic hydroxyl groups excluding tert-OH is 1. The summed E-state index contributed by atoms with van der Waals surface area (Å²) in [6.45, 7) is 7.43. The fourth-order valence-corrected chi connectivity index (χ4v) is 1.77. The van der Waals surface area contributed by atoms with Crippen molar-refractivity contribution in [2.45, 2.75) is 33.2 Å². The van der Waals surface area contributed by atoms with Gasteiger partial charge in [-0.3, -0.25) is 0 Å². The summed E-state index contributed by atoms with van der Waals surface area (Å²) in [4.78, 5) is 2.28. The molecule has 0 amide bonds. The second-order valence-corrected chi connectivity index (χ2v) is 4.41. The van der Waals surface area contributed by atoms with Gasteiger partial charge in [0.2, 0.25) is 0 Å². The number of benzene rings is 1. The average Bonchev–Trinajstić information content (AvgIpc) is 2.23. The van der Waals surface area contributed by atoms with Crippen molar-refractivity contribution >= 4 is 11.4 Å². The predicted molar refractivity (Wildman–Crippen MR) is 69.8 cm³/mol. The van der Waals surface area contributed by atoms with Crippen LogP contribution in [0.25, 0.3) is 0 Å². The van der Waals surface area contributed by atoms with Crippen LogP contribution in [0, 0.1) is 6.92 Å². The summed E-state index contributed by atoms with van der Waals surface area (Å²) in [5.41, 5.74) is 8.91. The highest BCUT2D eigenvalue weighted by atomic mass is 16.3. The van der Waals surface area contributed by atoms with E-state index in [0.717, 1.165) is 24.2 Å². The molecule has 1 rings (SSSR count). The molecule has 0 radical (unpaired) electrons. The van der Waals surface area contributed by atoms with Gasteiger partial charge in [-0.25, -0.2) is 0 Å². The van der Waals surface area contributed by atoms with Crippen LogP contribution < -0.4 is 10.6 Å². The number of nitrogen functional groups attached to an aromatic ring is 1. The molecule has 0 unspecified atom stereocenters. The minimum atomic E-state index is 0.233. The predicted octanol–water partition coefficient (Wildman–Crippen LogP) is 2.17. The Labute approximate surface area is 97.9 Å². The van der Waals surface area contributed by atoms with Gasteiger partial charge in [-0.1, -0.05) is 0 Å². The molecule has 90 valence electrons. The molecule has 0 spiro atoms. The second-order valence-electron chi connectivity index (χ2n) is 4.41. The molecule has 0 bridgehead atoms. The standard InChI is InChI=1S/C13H22N2O/c1-10(2)15(7-4-8-16)12-5-6-13(14)11(3)9-12/h5-6,9-10,16H,4,7-8,14H2,1-3H3. The number of nitrogens with two attached hydrogens (primary N) is 1. The summed E-state index contributed by atoms with van der Waals surface area (Å²) < 4.78 is 0. The Morgan fingerprint density at radius 1 is 1.38 bits per heavy atom. The maximum Gasteiger partial charge on any atom is 0.0447 e. The van der Waals surface area contributed by atoms with E-state index in [4.69, 9.17) is 10.8 Å². The van der Waals surface area contributed by atoms with Crippen molar-refractivity contribution in [3.05, 3.63) is 23.8 Å². The first-order chi connectivity index (χ1) is 7.56. The lowest BCUT2D eigenvalue weighted by Gasteiger charge is -2.29. The third-order valence-electron chi connectivity index (χ3n) is 2.77. The highest BCUT2D eigenvalue weighted by Gasteiger charge is 2.10. The van der Waals surface area contributed by atoms with E-state index in [2.05, 4.69) is 24.8 Å². The largest absolute Gasteiger partial charge is 0.399 e. The topological polar surface area (TPSA) is 49.5 Å². The summed E-state index contributed by atoms with van der Waals surface area (Å²) >= 11 is 0. The number of aliphatic hydroxyl groups is 1. The van der Waals surface area contributed by atoms with Crippen LogP contribution in [0.15, 0.2) is 18.2 Å². The van der Waals surface area contributed by atoms with Gasteiger partial charge in [0, 0.05) is 30.6 Å². The molecule has 0 aliphatic heterocycles. The van der Waals surface area contributed by atoms with Gasteiger partial charge in [-0.05, 0) is 51.0 Å². The maximum absolute atomic E-state index is 8.90. The van der Waals surface area contributed by atoms with Crippen molar-refractivity contribution in [2.24, 2.45) is 0 Å². The first kappa shape index (κ1) is 12.8. The summed E-state index contributed by atoms with van der Waals surface area (Å²) in [5.74, 6) is 0. The minimum absolute atomic E-state index is 0.233. The third kappa shape index (κ3) is 3.14. The molecule has 3 N–H and O–H groups in total. The van der Waals surface area contributed by atoms with Gasteiger partial charge in [0.05, 0.1) is 0 Å². The van der Waals surface area contributed by atoms with E-state index < -0.39 is 0 Å². The molecule has 3 heteroatoms. The molecule has 3 nitrogen and oxygen atoms in total. The van der Waals surface area contributed by atoms with E-state index >= 15 is 0 Å². The van der Waals surface area contributed by atoms with Crippen molar-refractivity contribution in [1.29, 1.82) is 0 Å². The Kier molecular flexibility index (Phi) is 4.62. The van der Waals surface area contributed by atoms with Crippen LogP contribution in [-0.2, 0) is 0 Å². The molecule has 0 atom stereocenters. The fraction of sp³-hybridized carbons (Fsp3) is 0.538. The smallest absolute Gasteiger partial charge is 0.0447 e. The summed E-state index contributed by atoms with van der Waals surface area (Å²) in [6, 6.07) is 6.51. The normalized spacial score (nSPS) is 10.8. The van der Waals surface area contributed by atoms with Gasteiger partial charge in [0.15, 0.2) is 0 Å². The third-order valence-corrected chi connectivity index (χ3v) is 2.77. The lowest BCUT2D eigenvalue weighted by Crippen LogP contribution is -2.32. The van der Waals surface area contributed by atoms with E-state index in [1.54, 1.807) is 0 Å². The molecule has 0 aromatic heterocycles. The van der Waals surface area contributed by atoms with Crippen LogP contribution in [0.5, 0.6) is 0 Å². The molecule has 0 aliphatic carbocycles. The van der Waals surface area contributed by atoms with Crippen molar-refractivity contribution < 1.29 is 5.11 Å². The van der Waals surface area contributed by atoms with Crippen molar-refractivity contribution in [3.63, 3.8) is 0 Å². The van der Waals surface area contributed by atoms with Crippen LogP contribution in [0.3, 0.4) is 0 Å². The quantitative estimate of drug-likeness (QED) is 0.751. The molecule has 0 saturated carbocycles. The van der Waals surface area contributed by atoms with Crippen molar-refractivity contribution in [3.8, 4) is 0 Å². The van der Waals surface area contributed by atoms with Crippen molar-refractivity contribution in [2.75, 3.05) is 23.8 Å². The zero-order valence-electron chi connectivity index (χ0n) is 10.4. The second kappa shape index (κ2) is 5.75. The number of aryl methyl sites for hydroxylation is 1. The first-order valence-corrected chi connectivity index (χ1v) is 5.80. The first-order valence-electron chi connectivity index (χ1n) is 5.80. The molecular weight excluding hydrogens is 200 g/mol. The van der Waals surface area contributed by atoms with Crippen LogP contribution >= 0.6 is 0 Å². The summed E-state index contributed by atoms with van der Waals surface area (Å²) in [5, 5.41) is 8.90. The monoisotopic (exact) mass is 222 g/mol. The molecular formula is C13H22N2O. The molecule has 1 aromatic rings. The minimum Gasteiger partial charge on any atom is -0.399 e. The Morgan fingerprint density at radius 2 is 2.06 bits per heavy atom. The lowest BCUT2D eigenvalue weighted by molar-refractivity contribution is 0.288. The molecule has 0 fully saturated rings. The Hall–Kier alpha value is -1.22. The van der Waals surface area contributed by atoms with E-state index in [-0.39, 0.29) is 6.61 Å². The molecule has 0 saturated heterocycles. The van der Waals surface area contributed by atoms with E-state index in [1.165, 1.54) is 5.69 Å². The molecule has 16 heavy (non-hydrogen) atoms. The van der Waals surface area contributed by atoms with Crippen LogP contribution in [0.4, 0.5) is 11.4 Å². The fourth-order valence-electron chi connectivity index (χ4n) is 1.77. The van der Waals surface area contributed by atoms with Crippen LogP contribution in [-0.4, -0.2) is 24.3 Å². The van der Waals surface area contributed by atoms with Crippen LogP contribution in [0.1, 0.15) is 25.8 Å². The average molecular weight is 222 g/mol. The van der Waals surface area contributed by atoms with E-state index in [1.807, 2.05) is 19.1 Å². The summed E-state index contributed by atoms with van der Waals surface area (Å²) in [6.07, 6.45) is 0.793. The van der Waals surface area contributed by atoms with Crippen molar-refractivity contribution in [1.82, 2.24) is 0 Å². The zero-order valence-corrected chi connectivity index (χ0v) is 10.4. The van der Waals surface area contributed by atoms with Gasteiger partial charge >= 0.3 is 0 Å². The SMILES string of the molecule is Cc1cc(N(CCCO)C(C)C)ccc1N. The Bertz CT molecular complexity index is 337. The number of nitrogens with zero attached hydrogens (tertiary/aromatic N) is 1. The van der Waals surface area contributed by atoms with E-state index in [0.29, 0.717) is 6.04 Å². The van der Waals surface area contributed by atoms with E-state index in [9.17, 15) is 0 Å². The Morgan fingerprint density at radius 3 is 2.56 bits per heavy atom. The van der Waals surface area contributed by atoms with Gasteiger partial charge < -0.3 is 15.7 Å². The Balaban J connectivity index is 2.88. The van der Waals surface area contributed by atoms with Gasteiger partial charge in [-0.15, -0.1) is 0 Å². The highest BCUT2D eigenvalue weighted by molar-refractivity contribution is 5.58. The number of hydrogen-bond donors (Lipinski definition) is 2. The van der Waals surface area contributed by atoms with Crippen LogP contribution in [0.2, 0.25) is 0 Å². The number of hydrogen-bond acceptors (Lipinski definition) is 3. The van der Waals surface area contributed by atoms with Gasteiger partial charge in [-0.2, -0.15) is 0 Å². The molecule has 0 aliphatic rings. The van der Waals surface area contributed by atoms with Gasteiger partial charge in [0.25, 0.3) is 0 Å². The molecule has 1 aromatic carbocycles. The molecule has 0 heterocycles. The maximum atomic E-state index is 8.90. The zero-order chi connectivity index (χ0) is 12.1. The summed E-state index contributed by atoms with van der Waals surface area (Å²) in [7, 11) is 0. The van der Waals surface area contributed by atoms with Gasteiger partial charge in [0.1, 0.15) is 0 Å².